The quantitative estimate of drug-likeness (QED) is 0.527. The Balaban J connectivity index is 3.15. The van der Waals surface area contributed by atoms with Crippen LogP contribution >= 0.6 is 0 Å². The maximum Gasteiger partial charge on any atom is -0.0354 e. The van der Waals surface area contributed by atoms with Gasteiger partial charge < -0.3 is 0 Å². The van der Waals surface area contributed by atoms with Crippen LogP contribution in [0.25, 0.3) is 0 Å². The molecule has 1 atom stereocenters. The van der Waals surface area contributed by atoms with Crippen molar-refractivity contribution in [2.24, 2.45) is 11.3 Å². The third-order valence-electron chi connectivity index (χ3n) is 1.80. The van der Waals surface area contributed by atoms with E-state index in [0.29, 0.717) is 5.92 Å². The maximum absolute atomic E-state index is 4.07. The number of unbranched alkanes of at least 4 members (excludes halogenated alkanes) is 1. The van der Waals surface area contributed by atoms with Crippen LogP contribution in [0.5, 0.6) is 0 Å². The van der Waals surface area contributed by atoms with Crippen molar-refractivity contribution in [3.63, 3.8) is 0 Å². The minimum absolute atomic E-state index is 0.268. The van der Waals surface area contributed by atoms with Crippen LogP contribution in [0.4, 0.5) is 0 Å². The van der Waals surface area contributed by atoms with Gasteiger partial charge in [-0.15, -0.1) is 0 Å². The van der Waals surface area contributed by atoms with Gasteiger partial charge in [-0.05, 0) is 24.7 Å². The van der Waals surface area contributed by atoms with E-state index < -0.39 is 0 Å². The molecule has 0 aliphatic carbocycles. The standard InChI is InChI=1S/C11H22/c1-10(2)8-6-7-9-11(3,4)5/h10H,1,3,6-9H2,2,4-5H3. The van der Waals surface area contributed by atoms with Gasteiger partial charge in [0.15, 0.2) is 0 Å². The topological polar surface area (TPSA) is 0 Å². The van der Waals surface area contributed by atoms with Gasteiger partial charge in [-0.25, -0.2) is 0 Å². The van der Waals surface area contributed by atoms with Crippen LogP contribution in [-0.2, 0) is 0 Å². The van der Waals surface area contributed by atoms with Gasteiger partial charge in [-0.1, -0.05) is 47.0 Å². The molecule has 0 heterocycles. The van der Waals surface area contributed by atoms with E-state index in [1.165, 1.54) is 25.7 Å². The van der Waals surface area contributed by atoms with Gasteiger partial charge in [0.25, 0.3) is 0 Å². The predicted molar refractivity (Wildman–Crippen MR) is 52.1 cm³/mol. The molecule has 0 nitrogen and oxygen atoms in total. The molecule has 0 amide bonds. The van der Waals surface area contributed by atoms with Crippen LogP contribution in [0.15, 0.2) is 0 Å². The van der Waals surface area contributed by atoms with E-state index in [1.54, 1.807) is 0 Å². The van der Waals surface area contributed by atoms with Crippen molar-refractivity contribution >= 4 is 0 Å². The summed E-state index contributed by atoms with van der Waals surface area (Å²) in [6.07, 6.45) is 5.11. The fourth-order valence-electron chi connectivity index (χ4n) is 1.10. The van der Waals surface area contributed by atoms with Gasteiger partial charge in [0, 0.05) is 0 Å². The highest BCUT2D eigenvalue weighted by atomic mass is 14.1. The van der Waals surface area contributed by atoms with Crippen molar-refractivity contribution in [1.82, 2.24) is 0 Å². The second-order valence-corrected chi connectivity index (χ2v) is 4.52. The number of hydrogen-bond acceptors (Lipinski definition) is 0. The monoisotopic (exact) mass is 154 g/mol. The largest absolute Gasteiger partial charge is 0.0625 e. The third-order valence-corrected chi connectivity index (χ3v) is 1.80. The van der Waals surface area contributed by atoms with Crippen LogP contribution < -0.4 is 0 Å². The molecule has 0 aliphatic rings. The summed E-state index contributed by atoms with van der Waals surface area (Å²) in [7, 11) is 0. The van der Waals surface area contributed by atoms with E-state index in [4.69, 9.17) is 0 Å². The van der Waals surface area contributed by atoms with Crippen LogP contribution in [-0.4, -0.2) is 0 Å². The van der Waals surface area contributed by atoms with Crippen LogP contribution in [0.2, 0.25) is 0 Å². The van der Waals surface area contributed by atoms with Gasteiger partial charge in [-0.2, -0.15) is 0 Å². The Bertz CT molecular complexity index is 84.7. The minimum Gasteiger partial charge on any atom is -0.0625 e. The molecule has 0 saturated carbocycles. The molecule has 2 radical (unpaired) electrons. The van der Waals surface area contributed by atoms with Gasteiger partial charge in [0.1, 0.15) is 0 Å². The van der Waals surface area contributed by atoms with Gasteiger partial charge in [-0.3, -0.25) is 0 Å². The first kappa shape index (κ1) is 11.0. The summed E-state index contributed by atoms with van der Waals surface area (Å²) in [5, 5.41) is 0. The Labute approximate surface area is 72.4 Å². The molecule has 66 valence electrons. The zero-order valence-electron chi connectivity index (χ0n) is 8.32. The minimum atomic E-state index is 0.268. The molecule has 0 aliphatic heterocycles. The smallest absolute Gasteiger partial charge is 0.0354 e. The molecule has 0 fully saturated rings. The first-order valence-electron chi connectivity index (χ1n) is 4.60. The summed E-state index contributed by atoms with van der Waals surface area (Å²) in [6, 6.07) is 0. The Hall–Kier alpha value is 0. The Kier molecular flexibility index (Phi) is 4.79. The average Bonchev–Trinajstić information content (AvgIpc) is 1.78. The summed E-state index contributed by atoms with van der Waals surface area (Å²) in [4.78, 5) is 0. The maximum atomic E-state index is 4.07. The fourth-order valence-corrected chi connectivity index (χ4v) is 1.10. The SMILES string of the molecule is [CH2]C(C)CCCCC([CH2])(C)C. The summed E-state index contributed by atoms with van der Waals surface area (Å²) in [5.74, 6) is 0.614. The third kappa shape index (κ3) is 10.0. The molecule has 11 heavy (non-hydrogen) atoms. The predicted octanol–water partition coefficient (Wildman–Crippen LogP) is 3.88. The normalized spacial score (nSPS) is 12.5. The molecule has 1 unspecified atom stereocenters. The average molecular weight is 154 g/mol. The summed E-state index contributed by atoms with van der Waals surface area (Å²) < 4.78 is 0. The lowest BCUT2D eigenvalue weighted by atomic mass is 9.89. The van der Waals surface area contributed by atoms with E-state index in [1.807, 2.05) is 0 Å². The lowest BCUT2D eigenvalue weighted by molar-refractivity contribution is 0.399. The molecule has 0 rings (SSSR count). The van der Waals surface area contributed by atoms with Crippen molar-refractivity contribution in [2.75, 3.05) is 0 Å². The summed E-state index contributed by atoms with van der Waals surface area (Å²) >= 11 is 0. The van der Waals surface area contributed by atoms with Gasteiger partial charge in [0.05, 0.1) is 0 Å². The number of rotatable bonds is 5. The Morgan fingerprint density at radius 1 is 1.27 bits per heavy atom. The number of hydrogen-bond donors (Lipinski definition) is 0. The van der Waals surface area contributed by atoms with E-state index in [2.05, 4.69) is 34.6 Å². The van der Waals surface area contributed by atoms with Gasteiger partial charge >= 0.3 is 0 Å². The van der Waals surface area contributed by atoms with E-state index >= 15 is 0 Å². The molecule has 0 aromatic rings. The second-order valence-electron chi connectivity index (χ2n) is 4.52. The molecule has 0 aromatic carbocycles. The molecule has 0 spiro atoms. The van der Waals surface area contributed by atoms with Crippen LogP contribution in [0.3, 0.4) is 0 Å². The molecule has 0 aromatic heterocycles. The van der Waals surface area contributed by atoms with E-state index in [9.17, 15) is 0 Å². The second kappa shape index (κ2) is 4.79. The van der Waals surface area contributed by atoms with E-state index in [0.717, 1.165) is 0 Å². The van der Waals surface area contributed by atoms with Crippen molar-refractivity contribution in [3.8, 4) is 0 Å². The van der Waals surface area contributed by atoms with Crippen molar-refractivity contribution in [3.05, 3.63) is 13.8 Å². The van der Waals surface area contributed by atoms with Gasteiger partial charge in [0.2, 0.25) is 0 Å². The highest BCUT2D eigenvalue weighted by Crippen LogP contribution is 2.22. The molecule has 0 N–H and O–H groups in total. The van der Waals surface area contributed by atoms with Crippen molar-refractivity contribution in [2.45, 2.75) is 46.5 Å². The first-order chi connectivity index (χ1) is 4.92. The molecule has 0 saturated heterocycles. The molecule has 0 bridgehead atoms. The Morgan fingerprint density at radius 3 is 2.18 bits per heavy atom. The zero-order chi connectivity index (χ0) is 8.91. The zero-order valence-corrected chi connectivity index (χ0v) is 8.32. The molecular formula is C11H22. The Morgan fingerprint density at radius 2 is 1.82 bits per heavy atom. The molecule has 0 heteroatoms. The van der Waals surface area contributed by atoms with Crippen molar-refractivity contribution in [1.29, 1.82) is 0 Å². The fraction of sp³-hybridized carbons (Fsp3) is 0.818. The highest BCUT2D eigenvalue weighted by molar-refractivity contribution is 4.70. The van der Waals surface area contributed by atoms with Crippen LogP contribution in [0.1, 0.15) is 46.5 Å². The van der Waals surface area contributed by atoms with Crippen molar-refractivity contribution < 1.29 is 0 Å². The molecular weight excluding hydrogens is 132 g/mol. The first-order valence-corrected chi connectivity index (χ1v) is 4.60. The summed E-state index contributed by atoms with van der Waals surface area (Å²) in [6.45, 7) is 14.6. The lowest BCUT2D eigenvalue weighted by Gasteiger charge is -2.17. The van der Waals surface area contributed by atoms with Crippen LogP contribution in [0, 0.1) is 25.2 Å². The summed E-state index contributed by atoms with van der Waals surface area (Å²) in [5.41, 5.74) is 0.268. The highest BCUT2D eigenvalue weighted by Gasteiger charge is 2.08. The lowest BCUT2D eigenvalue weighted by Crippen LogP contribution is -2.04. The van der Waals surface area contributed by atoms with E-state index in [-0.39, 0.29) is 5.41 Å².